The molecular weight excluding hydrogens is 234 g/mol. The van der Waals surface area contributed by atoms with Crippen LogP contribution in [0, 0.1) is 11.6 Å². The van der Waals surface area contributed by atoms with E-state index in [1.54, 1.807) is 0 Å². The number of benzene rings is 1. The first-order valence-corrected chi connectivity index (χ1v) is 6.51. The van der Waals surface area contributed by atoms with Crippen LogP contribution in [-0.4, -0.2) is 23.5 Å². The highest BCUT2D eigenvalue weighted by Gasteiger charge is 2.27. The third-order valence-corrected chi connectivity index (χ3v) is 3.83. The van der Waals surface area contributed by atoms with E-state index in [0.717, 1.165) is 25.3 Å². The SMILES string of the molecule is CC1CCCC(CN)N1Cc1cc(F)ccc1F. The van der Waals surface area contributed by atoms with Crippen LogP contribution >= 0.6 is 0 Å². The van der Waals surface area contributed by atoms with Gasteiger partial charge in [-0.3, -0.25) is 4.90 Å². The molecule has 1 fully saturated rings. The van der Waals surface area contributed by atoms with Crippen molar-refractivity contribution >= 4 is 0 Å². The van der Waals surface area contributed by atoms with Crippen molar-refractivity contribution in [3.63, 3.8) is 0 Å². The number of hydrogen-bond donors (Lipinski definition) is 1. The summed E-state index contributed by atoms with van der Waals surface area (Å²) in [5, 5.41) is 0. The molecule has 2 nitrogen and oxygen atoms in total. The number of likely N-dealkylation sites (tertiary alicyclic amines) is 1. The lowest BCUT2D eigenvalue weighted by Crippen LogP contribution is -2.48. The largest absolute Gasteiger partial charge is 0.329 e. The molecule has 0 bridgehead atoms. The third-order valence-electron chi connectivity index (χ3n) is 3.83. The number of halogens is 2. The number of nitrogens with two attached hydrogens (primary N) is 1. The molecule has 2 N–H and O–H groups in total. The fourth-order valence-electron chi connectivity index (χ4n) is 2.74. The van der Waals surface area contributed by atoms with Crippen molar-refractivity contribution in [1.82, 2.24) is 4.90 Å². The zero-order chi connectivity index (χ0) is 13.1. The van der Waals surface area contributed by atoms with Crippen LogP contribution in [0.15, 0.2) is 18.2 Å². The van der Waals surface area contributed by atoms with Crippen molar-refractivity contribution in [1.29, 1.82) is 0 Å². The Morgan fingerprint density at radius 1 is 1.33 bits per heavy atom. The maximum atomic E-state index is 13.7. The van der Waals surface area contributed by atoms with Crippen LogP contribution < -0.4 is 5.73 Å². The molecule has 2 rings (SSSR count). The molecule has 100 valence electrons. The van der Waals surface area contributed by atoms with Crippen molar-refractivity contribution in [2.24, 2.45) is 5.73 Å². The Morgan fingerprint density at radius 3 is 2.83 bits per heavy atom. The molecule has 1 aliphatic heterocycles. The highest BCUT2D eigenvalue weighted by Crippen LogP contribution is 2.25. The fourth-order valence-corrected chi connectivity index (χ4v) is 2.74. The van der Waals surface area contributed by atoms with Crippen molar-refractivity contribution < 1.29 is 8.78 Å². The quantitative estimate of drug-likeness (QED) is 0.898. The first-order valence-electron chi connectivity index (χ1n) is 6.51. The molecule has 0 saturated carbocycles. The smallest absolute Gasteiger partial charge is 0.127 e. The predicted octanol–water partition coefficient (Wildman–Crippen LogP) is 2.67. The van der Waals surface area contributed by atoms with Crippen LogP contribution in [0.25, 0.3) is 0 Å². The summed E-state index contributed by atoms with van der Waals surface area (Å²) in [5.41, 5.74) is 6.19. The second-order valence-electron chi connectivity index (χ2n) is 5.08. The molecule has 1 aromatic rings. The van der Waals surface area contributed by atoms with E-state index in [1.807, 2.05) is 0 Å². The normalized spacial score (nSPS) is 25.3. The van der Waals surface area contributed by atoms with Crippen molar-refractivity contribution in [2.75, 3.05) is 6.54 Å². The van der Waals surface area contributed by atoms with E-state index in [9.17, 15) is 8.78 Å². The average Bonchev–Trinajstić information content (AvgIpc) is 2.36. The van der Waals surface area contributed by atoms with E-state index in [1.165, 1.54) is 12.1 Å². The molecule has 4 heteroatoms. The second-order valence-corrected chi connectivity index (χ2v) is 5.08. The Bertz CT molecular complexity index is 409. The van der Waals surface area contributed by atoms with E-state index in [-0.39, 0.29) is 17.7 Å². The van der Waals surface area contributed by atoms with E-state index in [4.69, 9.17) is 5.73 Å². The van der Waals surface area contributed by atoms with Gasteiger partial charge in [0, 0.05) is 30.7 Å². The van der Waals surface area contributed by atoms with Gasteiger partial charge in [0.25, 0.3) is 0 Å². The molecule has 1 aliphatic rings. The van der Waals surface area contributed by atoms with Crippen LogP contribution in [0.5, 0.6) is 0 Å². The van der Waals surface area contributed by atoms with E-state index >= 15 is 0 Å². The second kappa shape index (κ2) is 5.76. The summed E-state index contributed by atoms with van der Waals surface area (Å²) >= 11 is 0. The number of rotatable bonds is 3. The van der Waals surface area contributed by atoms with Crippen LogP contribution in [0.3, 0.4) is 0 Å². The van der Waals surface area contributed by atoms with Gasteiger partial charge in [0.2, 0.25) is 0 Å². The number of nitrogens with zero attached hydrogens (tertiary/aromatic N) is 1. The van der Waals surface area contributed by atoms with Gasteiger partial charge in [-0.1, -0.05) is 6.42 Å². The summed E-state index contributed by atoms with van der Waals surface area (Å²) < 4.78 is 26.8. The molecule has 1 heterocycles. The molecule has 18 heavy (non-hydrogen) atoms. The van der Waals surface area contributed by atoms with Crippen LogP contribution in [0.1, 0.15) is 31.7 Å². The van der Waals surface area contributed by atoms with Gasteiger partial charge in [-0.05, 0) is 38.0 Å². The Labute approximate surface area is 107 Å². The highest BCUT2D eigenvalue weighted by molar-refractivity contribution is 5.19. The molecule has 0 amide bonds. The van der Waals surface area contributed by atoms with E-state index < -0.39 is 0 Å². The van der Waals surface area contributed by atoms with Gasteiger partial charge in [-0.2, -0.15) is 0 Å². The molecule has 0 aliphatic carbocycles. The van der Waals surface area contributed by atoms with Gasteiger partial charge < -0.3 is 5.73 Å². The summed E-state index contributed by atoms with van der Waals surface area (Å²) in [7, 11) is 0. The van der Waals surface area contributed by atoms with Crippen molar-refractivity contribution in [3.05, 3.63) is 35.4 Å². The van der Waals surface area contributed by atoms with Crippen LogP contribution in [0.2, 0.25) is 0 Å². The lowest BCUT2D eigenvalue weighted by molar-refractivity contribution is 0.0879. The minimum absolute atomic E-state index is 0.274. The fraction of sp³-hybridized carbons (Fsp3) is 0.571. The van der Waals surface area contributed by atoms with Crippen LogP contribution in [-0.2, 0) is 6.54 Å². The maximum Gasteiger partial charge on any atom is 0.127 e. The summed E-state index contributed by atoms with van der Waals surface area (Å²) in [6, 6.07) is 4.27. The molecule has 0 spiro atoms. The standard InChI is InChI=1S/C14H20F2N2/c1-10-3-2-4-13(8-17)18(10)9-11-7-12(15)5-6-14(11)16/h5-7,10,13H,2-4,8-9,17H2,1H3. The van der Waals surface area contributed by atoms with Gasteiger partial charge in [0.15, 0.2) is 0 Å². The summed E-state index contributed by atoms with van der Waals surface area (Å²) in [6.07, 6.45) is 3.29. The molecule has 0 radical (unpaired) electrons. The van der Waals surface area contributed by atoms with Crippen molar-refractivity contribution in [2.45, 2.75) is 44.8 Å². The summed E-state index contributed by atoms with van der Waals surface area (Å²) in [5.74, 6) is -0.731. The molecule has 0 aromatic heterocycles. The average molecular weight is 254 g/mol. The lowest BCUT2D eigenvalue weighted by Gasteiger charge is -2.40. The zero-order valence-electron chi connectivity index (χ0n) is 10.7. The Morgan fingerprint density at radius 2 is 2.11 bits per heavy atom. The Kier molecular flexibility index (Phi) is 4.30. The van der Waals surface area contributed by atoms with E-state index in [2.05, 4.69) is 11.8 Å². The minimum Gasteiger partial charge on any atom is -0.329 e. The molecule has 1 saturated heterocycles. The Balaban J connectivity index is 2.17. The molecule has 2 atom stereocenters. The summed E-state index contributed by atoms with van der Waals surface area (Å²) in [4.78, 5) is 2.20. The zero-order valence-corrected chi connectivity index (χ0v) is 10.7. The van der Waals surface area contributed by atoms with Gasteiger partial charge in [0.1, 0.15) is 11.6 Å². The van der Waals surface area contributed by atoms with Gasteiger partial charge >= 0.3 is 0 Å². The van der Waals surface area contributed by atoms with Crippen LogP contribution in [0.4, 0.5) is 8.78 Å². The lowest BCUT2D eigenvalue weighted by atomic mass is 9.95. The molecule has 2 unspecified atom stereocenters. The Hall–Kier alpha value is -1.00. The first-order chi connectivity index (χ1) is 8.61. The maximum absolute atomic E-state index is 13.7. The number of hydrogen-bond acceptors (Lipinski definition) is 2. The highest BCUT2D eigenvalue weighted by atomic mass is 19.1. The van der Waals surface area contributed by atoms with Crippen molar-refractivity contribution in [3.8, 4) is 0 Å². The predicted molar refractivity (Wildman–Crippen MR) is 68.1 cm³/mol. The van der Waals surface area contributed by atoms with Gasteiger partial charge in [-0.15, -0.1) is 0 Å². The summed E-state index contributed by atoms with van der Waals surface area (Å²) in [6.45, 7) is 3.13. The molecular formula is C14H20F2N2. The minimum atomic E-state index is -0.389. The van der Waals surface area contributed by atoms with Gasteiger partial charge in [-0.25, -0.2) is 8.78 Å². The number of piperidine rings is 1. The van der Waals surface area contributed by atoms with E-state index in [0.29, 0.717) is 24.7 Å². The first kappa shape index (κ1) is 13.4. The van der Waals surface area contributed by atoms with Gasteiger partial charge in [0.05, 0.1) is 0 Å². The topological polar surface area (TPSA) is 29.3 Å². The molecule has 1 aromatic carbocycles. The monoisotopic (exact) mass is 254 g/mol. The third kappa shape index (κ3) is 2.87.